The lowest BCUT2D eigenvalue weighted by Crippen LogP contribution is -2.45. The summed E-state index contributed by atoms with van der Waals surface area (Å²) in [6.07, 6.45) is 1.07. The molecule has 1 fully saturated rings. The first-order chi connectivity index (χ1) is 13.7. The van der Waals surface area contributed by atoms with Gasteiger partial charge in [0.25, 0.3) is 5.91 Å². The van der Waals surface area contributed by atoms with Crippen LogP contribution in [0.4, 0.5) is 5.69 Å². The van der Waals surface area contributed by atoms with Crippen LogP contribution in [0, 0.1) is 11.3 Å². The van der Waals surface area contributed by atoms with E-state index in [0.29, 0.717) is 43.1 Å². The minimum Gasteiger partial charge on any atom is -0.497 e. The second-order valence-corrected chi connectivity index (χ2v) is 8.04. The van der Waals surface area contributed by atoms with Crippen molar-refractivity contribution in [3.05, 3.63) is 18.2 Å². The second-order valence-electron chi connectivity index (χ2n) is 8.04. The van der Waals surface area contributed by atoms with Gasteiger partial charge in [0, 0.05) is 24.6 Å². The van der Waals surface area contributed by atoms with Gasteiger partial charge in [-0.15, -0.1) is 0 Å². The van der Waals surface area contributed by atoms with Gasteiger partial charge in [0.15, 0.2) is 6.61 Å². The van der Waals surface area contributed by atoms with Crippen molar-refractivity contribution >= 4 is 23.5 Å². The molecule has 0 saturated carbocycles. The molecule has 1 aliphatic rings. The average molecular weight is 406 g/mol. The highest BCUT2D eigenvalue weighted by Gasteiger charge is 2.33. The van der Waals surface area contributed by atoms with E-state index in [2.05, 4.69) is 5.32 Å². The van der Waals surface area contributed by atoms with Gasteiger partial charge >= 0.3 is 5.97 Å². The van der Waals surface area contributed by atoms with Crippen LogP contribution >= 0.6 is 0 Å². The maximum Gasteiger partial charge on any atom is 0.309 e. The van der Waals surface area contributed by atoms with Crippen molar-refractivity contribution in [2.45, 2.75) is 33.6 Å². The van der Waals surface area contributed by atoms with Gasteiger partial charge in [-0.1, -0.05) is 20.8 Å². The van der Waals surface area contributed by atoms with E-state index in [4.69, 9.17) is 14.2 Å². The number of carbonyl (C=O) groups excluding carboxylic acids is 3. The van der Waals surface area contributed by atoms with E-state index in [1.807, 2.05) is 20.8 Å². The van der Waals surface area contributed by atoms with Crippen LogP contribution < -0.4 is 14.8 Å². The van der Waals surface area contributed by atoms with Gasteiger partial charge in [-0.2, -0.15) is 0 Å². The summed E-state index contributed by atoms with van der Waals surface area (Å²) in [6.45, 7) is 6.30. The molecule has 0 bridgehead atoms. The highest BCUT2D eigenvalue weighted by atomic mass is 16.5. The number of nitrogens with one attached hydrogen (secondary N) is 1. The topological polar surface area (TPSA) is 94.2 Å². The number of amides is 2. The van der Waals surface area contributed by atoms with Crippen molar-refractivity contribution in [1.82, 2.24) is 4.90 Å². The molecule has 0 radical (unpaired) electrons. The van der Waals surface area contributed by atoms with E-state index in [9.17, 15) is 14.4 Å². The van der Waals surface area contributed by atoms with Crippen LogP contribution in [0.15, 0.2) is 18.2 Å². The maximum atomic E-state index is 12.3. The zero-order valence-electron chi connectivity index (χ0n) is 17.7. The Kier molecular flexibility index (Phi) is 7.47. The Balaban J connectivity index is 1.81. The molecular formula is C21H30N2O6. The molecule has 8 nitrogen and oxygen atoms in total. The number of carbonyl (C=O) groups is 3. The van der Waals surface area contributed by atoms with Crippen LogP contribution in [0.25, 0.3) is 0 Å². The third-order valence-electron chi connectivity index (χ3n) is 4.79. The third kappa shape index (κ3) is 6.10. The van der Waals surface area contributed by atoms with Crippen molar-refractivity contribution < 1.29 is 28.6 Å². The van der Waals surface area contributed by atoms with Crippen LogP contribution in [0.1, 0.15) is 33.6 Å². The summed E-state index contributed by atoms with van der Waals surface area (Å²) in [7, 11) is 3.03. The number of ether oxygens (including phenoxy) is 3. The standard InChI is InChI=1S/C21H30N2O6/c1-21(2,3)20(26)23-10-8-14(9-11-23)19(25)29-13-18(24)22-16-7-6-15(27-4)12-17(16)28-5/h6-7,12,14H,8-11,13H2,1-5H3,(H,22,24). The van der Waals surface area contributed by atoms with Crippen LogP contribution in [-0.4, -0.2) is 56.6 Å². The highest BCUT2D eigenvalue weighted by molar-refractivity contribution is 5.94. The maximum absolute atomic E-state index is 12.3. The van der Waals surface area contributed by atoms with Crippen LogP contribution in [-0.2, 0) is 19.1 Å². The molecule has 0 unspecified atom stereocenters. The van der Waals surface area contributed by atoms with Crippen LogP contribution in [0.2, 0.25) is 0 Å². The van der Waals surface area contributed by atoms with E-state index < -0.39 is 17.3 Å². The van der Waals surface area contributed by atoms with Crippen molar-refractivity contribution in [1.29, 1.82) is 0 Å². The van der Waals surface area contributed by atoms with Crippen molar-refractivity contribution in [2.24, 2.45) is 11.3 Å². The molecule has 1 saturated heterocycles. The number of benzene rings is 1. The van der Waals surface area contributed by atoms with Gasteiger partial charge in [-0.3, -0.25) is 14.4 Å². The number of likely N-dealkylation sites (tertiary alicyclic amines) is 1. The number of nitrogens with zero attached hydrogens (tertiary/aromatic N) is 1. The summed E-state index contributed by atoms with van der Waals surface area (Å²) in [4.78, 5) is 38.5. The smallest absolute Gasteiger partial charge is 0.309 e. The third-order valence-corrected chi connectivity index (χ3v) is 4.79. The number of anilines is 1. The largest absolute Gasteiger partial charge is 0.497 e. The summed E-state index contributed by atoms with van der Waals surface area (Å²) >= 11 is 0. The van der Waals surface area contributed by atoms with Gasteiger partial charge in [0.2, 0.25) is 5.91 Å². The van der Waals surface area contributed by atoms with Gasteiger partial charge in [0.1, 0.15) is 11.5 Å². The fraction of sp³-hybridized carbons (Fsp3) is 0.571. The Hall–Kier alpha value is -2.77. The first-order valence-corrected chi connectivity index (χ1v) is 9.63. The number of esters is 1. The first kappa shape index (κ1) is 22.5. The minimum absolute atomic E-state index is 0.0807. The lowest BCUT2D eigenvalue weighted by atomic mass is 9.91. The number of rotatable bonds is 6. The monoisotopic (exact) mass is 406 g/mol. The van der Waals surface area contributed by atoms with E-state index in [1.165, 1.54) is 14.2 Å². The normalized spacial score (nSPS) is 14.9. The zero-order chi connectivity index (χ0) is 21.6. The van der Waals surface area contributed by atoms with Crippen molar-refractivity contribution in [3.63, 3.8) is 0 Å². The van der Waals surface area contributed by atoms with E-state index in [1.54, 1.807) is 23.1 Å². The molecule has 0 aromatic heterocycles. The Morgan fingerprint density at radius 3 is 2.31 bits per heavy atom. The minimum atomic E-state index is -0.456. The first-order valence-electron chi connectivity index (χ1n) is 9.63. The molecule has 160 valence electrons. The van der Waals surface area contributed by atoms with Gasteiger partial charge in [0.05, 0.1) is 25.8 Å². The molecule has 29 heavy (non-hydrogen) atoms. The molecule has 0 atom stereocenters. The van der Waals surface area contributed by atoms with Gasteiger partial charge < -0.3 is 24.4 Å². The predicted molar refractivity (Wildman–Crippen MR) is 108 cm³/mol. The molecule has 1 heterocycles. The van der Waals surface area contributed by atoms with E-state index in [0.717, 1.165) is 0 Å². The Morgan fingerprint density at radius 2 is 1.76 bits per heavy atom. The summed E-state index contributed by atoms with van der Waals surface area (Å²) in [5.41, 5.74) is 0.0249. The zero-order valence-corrected chi connectivity index (χ0v) is 17.7. The fourth-order valence-corrected chi connectivity index (χ4v) is 3.14. The predicted octanol–water partition coefficient (Wildman–Crippen LogP) is 2.47. The molecule has 2 amide bonds. The Morgan fingerprint density at radius 1 is 1.10 bits per heavy atom. The van der Waals surface area contributed by atoms with Gasteiger partial charge in [-0.05, 0) is 25.0 Å². The highest BCUT2D eigenvalue weighted by Crippen LogP contribution is 2.29. The van der Waals surface area contributed by atoms with Crippen molar-refractivity contribution in [2.75, 3.05) is 39.2 Å². The number of hydrogen-bond donors (Lipinski definition) is 1. The molecule has 8 heteroatoms. The molecule has 1 aliphatic heterocycles. The molecule has 2 rings (SSSR count). The number of hydrogen-bond acceptors (Lipinski definition) is 6. The Bertz CT molecular complexity index is 748. The van der Waals surface area contributed by atoms with E-state index >= 15 is 0 Å². The number of piperidine rings is 1. The molecule has 0 aliphatic carbocycles. The molecule has 1 aromatic rings. The molecule has 1 aromatic carbocycles. The van der Waals surface area contributed by atoms with Crippen LogP contribution in [0.5, 0.6) is 11.5 Å². The van der Waals surface area contributed by atoms with Crippen molar-refractivity contribution in [3.8, 4) is 11.5 Å². The average Bonchev–Trinajstić information content (AvgIpc) is 2.71. The SMILES string of the molecule is COc1ccc(NC(=O)COC(=O)C2CCN(C(=O)C(C)(C)C)CC2)c(OC)c1. The number of methoxy groups -OCH3 is 2. The summed E-state index contributed by atoms with van der Waals surface area (Å²) in [6, 6.07) is 4.99. The summed E-state index contributed by atoms with van der Waals surface area (Å²) in [5, 5.41) is 2.66. The second kappa shape index (κ2) is 9.62. The lowest BCUT2D eigenvalue weighted by Gasteiger charge is -2.34. The Labute approximate surface area is 171 Å². The van der Waals surface area contributed by atoms with Crippen LogP contribution in [0.3, 0.4) is 0 Å². The van der Waals surface area contributed by atoms with Gasteiger partial charge in [-0.25, -0.2) is 0 Å². The summed E-state index contributed by atoms with van der Waals surface area (Å²) < 4.78 is 15.5. The molecular weight excluding hydrogens is 376 g/mol. The molecule has 0 spiro atoms. The van der Waals surface area contributed by atoms with E-state index in [-0.39, 0.29) is 18.4 Å². The molecule has 1 N–H and O–H groups in total. The summed E-state index contributed by atoms with van der Waals surface area (Å²) in [5.74, 6) is -0.0474. The fourth-order valence-electron chi connectivity index (χ4n) is 3.14. The quantitative estimate of drug-likeness (QED) is 0.730. The lowest BCUT2D eigenvalue weighted by molar-refractivity contribution is -0.155.